The van der Waals surface area contributed by atoms with Gasteiger partial charge in [0.1, 0.15) is 21.5 Å². The molecule has 5 rings (SSSR count). The monoisotopic (exact) mass is 464 g/mol. The van der Waals surface area contributed by atoms with Crippen LogP contribution in [0.15, 0.2) is 17.3 Å². The van der Waals surface area contributed by atoms with Crippen molar-refractivity contribution >= 4 is 34.2 Å². The lowest BCUT2D eigenvalue weighted by atomic mass is 9.77. The molecular weight excluding hydrogens is 440 g/mol. The molecular formula is C20H25ClN6O3S. The molecule has 0 radical (unpaired) electrons. The molecule has 0 spiro atoms. The van der Waals surface area contributed by atoms with Crippen molar-refractivity contribution in [3.8, 4) is 5.88 Å². The number of aliphatic hydroxyl groups excluding tert-OH is 1. The van der Waals surface area contributed by atoms with Crippen LogP contribution in [0.5, 0.6) is 5.88 Å². The van der Waals surface area contributed by atoms with E-state index in [-0.39, 0.29) is 18.5 Å². The Labute approximate surface area is 188 Å². The number of hydrogen-bond donors (Lipinski definition) is 2. The minimum atomic E-state index is -1.31. The minimum absolute atomic E-state index is 0.0150. The largest absolute Gasteiger partial charge is 0.463 e. The van der Waals surface area contributed by atoms with Crippen molar-refractivity contribution in [1.82, 2.24) is 19.9 Å². The lowest BCUT2D eigenvalue weighted by molar-refractivity contribution is 0.143. The maximum absolute atomic E-state index is 12.5. The molecule has 0 bridgehead atoms. The van der Waals surface area contributed by atoms with Gasteiger partial charge >= 0.3 is 0 Å². The third-order valence-corrected chi connectivity index (χ3v) is 7.72. The van der Waals surface area contributed by atoms with Gasteiger partial charge in [-0.15, -0.1) is 0 Å². The van der Waals surface area contributed by atoms with Gasteiger partial charge in [-0.3, -0.25) is 4.21 Å². The molecule has 1 unspecified atom stereocenters. The Balaban J connectivity index is 1.39. The smallest absolute Gasteiger partial charge is 0.238 e. The molecule has 0 amide bonds. The predicted molar refractivity (Wildman–Crippen MR) is 117 cm³/mol. The zero-order chi connectivity index (χ0) is 21.4. The number of halogens is 1. The van der Waals surface area contributed by atoms with Crippen molar-refractivity contribution in [3.63, 3.8) is 0 Å². The first-order valence-corrected chi connectivity index (χ1v) is 12.3. The molecule has 11 heteroatoms. The van der Waals surface area contributed by atoms with E-state index in [4.69, 9.17) is 21.3 Å². The lowest BCUT2D eigenvalue weighted by Crippen LogP contribution is -2.48. The zero-order valence-corrected chi connectivity index (χ0v) is 18.7. The summed E-state index contributed by atoms with van der Waals surface area (Å²) in [4.78, 5) is 20.8. The summed E-state index contributed by atoms with van der Waals surface area (Å²) in [6.45, 7) is 1.57. The third-order valence-electron chi connectivity index (χ3n) is 6.37. The number of aromatic nitrogens is 4. The average molecular weight is 465 g/mol. The summed E-state index contributed by atoms with van der Waals surface area (Å²) in [5, 5.41) is 13.8. The van der Waals surface area contributed by atoms with Crippen molar-refractivity contribution in [2.75, 3.05) is 35.9 Å². The Morgan fingerprint density at radius 2 is 2.03 bits per heavy atom. The molecule has 1 saturated heterocycles. The van der Waals surface area contributed by atoms with E-state index in [9.17, 15) is 9.32 Å². The summed E-state index contributed by atoms with van der Waals surface area (Å²) in [5.74, 6) is 2.61. The summed E-state index contributed by atoms with van der Waals surface area (Å²) < 4.78 is 18.1. The summed E-state index contributed by atoms with van der Waals surface area (Å²) >= 11 is 5.92. The van der Waals surface area contributed by atoms with E-state index in [1.807, 2.05) is 0 Å². The van der Waals surface area contributed by atoms with Crippen molar-refractivity contribution in [2.24, 2.45) is 0 Å². The Morgan fingerprint density at radius 3 is 2.74 bits per heavy atom. The minimum Gasteiger partial charge on any atom is -0.463 e. The van der Waals surface area contributed by atoms with Crippen molar-refractivity contribution in [1.29, 1.82) is 0 Å². The van der Waals surface area contributed by atoms with Gasteiger partial charge in [-0.05, 0) is 38.5 Å². The molecule has 9 nitrogen and oxygen atoms in total. The molecule has 2 aromatic rings. The number of nitrogens with one attached hydrogen (secondary N) is 1. The van der Waals surface area contributed by atoms with Gasteiger partial charge in [-0.1, -0.05) is 11.6 Å². The molecule has 2 aliphatic heterocycles. The second kappa shape index (κ2) is 8.48. The van der Waals surface area contributed by atoms with Crippen LogP contribution in [-0.2, 0) is 10.8 Å². The molecule has 166 valence electrons. The van der Waals surface area contributed by atoms with Crippen LogP contribution in [0.3, 0.4) is 0 Å². The number of hydrogen-bond acceptors (Lipinski definition) is 9. The van der Waals surface area contributed by atoms with E-state index in [0.29, 0.717) is 27.6 Å². The maximum Gasteiger partial charge on any atom is 0.238 e. The zero-order valence-electron chi connectivity index (χ0n) is 17.1. The molecule has 2 N–H and O–H groups in total. The van der Waals surface area contributed by atoms with Crippen LogP contribution in [-0.4, -0.2) is 60.4 Å². The Hall–Kier alpha value is -2.04. The Morgan fingerprint density at radius 1 is 1.23 bits per heavy atom. The third kappa shape index (κ3) is 4.08. The highest BCUT2D eigenvalue weighted by Crippen LogP contribution is 2.40. The van der Waals surface area contributed by atoms with Gasteiger partial charge in [0.25, 0.3) is 0 Å². The summed E-state index contributed by atoms with van der Waals surface area (Å²) in [6, 6.07) is 0. The maximum atomic E-state index is 12.5. The standard InChI is InChI=1S/C20H25ClN6O3S/c21-14-9-22-16(23-10-14)13-3-1-7-27(8-4-13)19-24-17(26-20(11-28)5-2-6-20)15-18(25-19)30-12-31(15)29/h9-10,13,28H,1-8,11-12H2,(H,24,25,26)/t13?,31-/m1/s1. The van der Waals surface area contributed by atoms with Crippen LogP contribution in [0.2, 0.25) is 5.02 Å². The van der Waals surface area contributed by atoms with Crippen LogP contribution in [0.25, 0.3) is 0 Å². The van der Waals surface area contributed by atoms with Gasteiger partial charge in [-0.2, -0.15) is 9.97 Å². The topological polar surface area (TPSA) is 113 Å². The van der Waals surface area contributed by atoms with Gasteiger partial charge in [0.05, 0.1) is 17.2 Å². The summed E-state index contributed by atoms with van der Waals surface area (Å²) in [7, 11) is -1.31. The number of ether oxygens (including phenoxy) is 1. The Bertz CT molecular complexity index is 982. The van der Waals surface area contributed by atoms with Crippen LogP contribution >= 0.6 is 11.6 Å². The number of fused-ring (bicyclic) bond motifs is 1. The number of nitrogens with zero attached hydrogens (tertiary/aromatic N) is 5. The molecule has 1 saturated carbocycles. The molecule has 2 fully saturated rings. The highest BCUT2D eigenvalue weighted by Gasteiger charge is 2.39. The first-order chi connectivity index (χ1) is 15.1. The average Bonchev–Trinajstić information content (AvgIpc) is 2.97. The second-order valence-corrected chi connectivity index (χ2v) is 10.2. The molecule has 0 aromatic carbocycles. The van der Waals surface area contributed by atoms with E-state index in [2.05, 4.69) is 25.2 Å². The van der Waals surface area contributed by atoms with Crippen LogP contribution in [0.4, 0.5) is 11.8 Å². The number of anilines is 2. The second-order valence-electron chi connectivity index (χ2n) is 8.41. The molecule has 2 aromatic heterocycles. The van der Waals surface area contributed by atoms with Gasteiger partial charge in [0.15, 0.2) is 11.8 Å². The Kier molecular flexibility index (Phi) is 5.70. The predicted octanol–water partition coefficient (Wildman–Crippen LogP) is 2.48. The fraction of sp³-hybridized carbons (Fsp3) is 0.600. The first-order valence-electron chi connectivity index (χ1n) is 10.6. The van der Waals surface area contributed by atoms with Crippen LogP contribution in [0.1, 0.15) is 50.3 Å². The molecule has 2 atom stereocenters. The normalized spacial score (nSPS) is 24.6. The summed E-state index contributed by atoms with van der Waals surface area (Å²) in [6.07, 6.45) is 8.85. The number of aliphatic hydroxyl groups is 1. The number of rotatable bonds is 5. The first kappa shape index (κ1) is 20.8. The van der Waals surface area contributed by atoms with Gasteiger partial charge < -0.3 is 20.1 Å². The molecule has 31 heavy (non-hydrogen) atoms. The van der Waals surface area contributed by atoms with Crippen molar-refractivity contribution in [2.45, 2.75) is 54.9 Å². The fourth-order valence-corrected chi connectivity index (χ4v) is 5.43. The fourth-order valence-electron chi connectivity index (χ4n) is 4.38. The summed E-state index contributed by atoms with van der Waals surface area (Å²) in [5.41, 5.74) is -0.401. The lowest BCUT2D eigenvalue weighted by Gasteiger charge is -2.41. The SMILES string of the molecule is O=[S@@]1COc2nc(N3CCCC(c4ncc(Cl)cn4)CC3)nc(NC3(CO)CCC3)c21. The van der Waals surface area contributed by atoms with Gasteiger partial charge in [0, 0.05) is 31.4 Å². The van der Waals surface area contributed by atoms with E-state index in [1.54, 1.807) is 12.4 Å². The highest BCUT2D eigenvalue weighted by atomic mass is 35.5. The van der Waals surface area contributed by atoms with Crippen LogP contribution < -0.4 is 15.0 Å². The van der Waals surface area contributed by atoms with Crippen LogP contribution in [0, 0.1) is 0 Å². The van der Waals surface area contributed by atoms with E-state index in [1.165, 1.54) is 0 Å². The van der Waals surface area contributed by atoms with Gasteiger partial charge in [0.2, 0.25) is 11.8 Å². The van der Waals surface area contributed by atoms with E-state index < -0.39 is 16.3 Å². The highest BCUT2D eigenvalue weighted by molar-refractivity contribution is 7.85. The van der Waals surface area contributed by atoms with E-state index in [0.717, 1.165) is 57.4 Å². The molecule has 4 heterocycles. The molecule has 3 aliphatic rings. The van der Waals surface area contributed by atoms with E-state index >= 15 is 0 Å². The van der Waals surface area contributed by atoms with Crippen molar-refractivity contribution < 1.29 is 14.1 Å². The molecule has 1 aliphatic carbocycles. The van der Waals surface area contributed by atoms with Crippen molar-refractivity contribution in [3.05, 3.63) is 23.2 Å². The van der Waals surface area contributed by atoms with Gasteiger partial charge in [-0.25, -0.2) is 9.97 Å². The quantitative estimate of drug-likeness (QED) is 0.688.